The van der Waals surface area contributed by atoms with E-state index in [9.17, 15) is 4.79 Å². The molecule has 2 atom stereocenters. The van der Waals surface area contributed by atoms with Crippen molar-refractivity contribution >= 4 is 28.6 Å². The van der Waals surface area contributed by atoms with Crippen molar-refractivity contribution < 1.29 is 9.53 Å². The third kappa shape index (κ3) is 4.30. The quantitative estimate of drug-likeness (QED) is 0.562. The fraction of sp³-hybridized carbons (Fsp3) is 0.542. The molecule has 4 heterocycles. The molecular formula is C24H31N5O2S. The molecule has 2 aliphatic heterocycles. The van der Waals surface area contributed by atoms with E-state index in [1.54, 1.807) is 0 Å². The van der Waals surface area contributed by atoms with Crippen LogP contribution in [0.2, 0.25) is 0 Å². The van der Waals surface area contributed by atoms with Crippen LogP contribution < -0.4 is 0 Å². The van der Waals surface area contributed by atoms with Crippen LogP contribution in [0.25, 0.3) is 22.3 Å². The highest BCUT2D eigenvalue weighted by molar-refractivity contribution is 8.00. The van der Waals surface area contributed by atoms with Gasteiger partial charge in [-0.1, -0.05) is 36.9 Å². The van der Waals surface area contributed by atoms with Crippen molar-refractivity contribution in [3.05, 3.63) is 30.5 Å². The molecule has 0 saturated carbocycles. The molecule has 0 spiro atoms. The number of amides is 1. The molecule has 5 rings (SSSR count). The van der Waals surface area contributed by atoms with E-state index in [1.165, 1.54) is 11.8 Å². The minimum atomic E-state index is -0.202. The van der Waals surface area contributed by atoms with Gasteiger partial charge >= 0.3 is 0 Å². The van der Waals surface area contributed by atoms with Crippen molar-refractivity contribution in [2.45, 2.75) is 62.6 Å². The van der Waals surface area contributed by atoms with Gasteiger partial charge in [0.1, 0.15) is 0 Å². The van der Waals surface area contributed by atoms with E-state index in [1.807, 2.05) is 30.2 Å². The van der Waals surface area contributed by atoms with E-state index in [2.05, 4.69) is 38.8 Å². The number of rotatable bonds is 6. The first kappa shape index (κ1) is 21.5. The van der Waals surface area contributed by atoms with Crippen LogP contribution in [0, 0.1) is 5.92 Å². The van der Waals surface area contributed by atoms with Crippen molar-refractivity contribution in [2.24, 2.45) is 5.92 Å². The third-order valence-electron chi connectivity index (χ3n) is 6.68. The number of H-pyrrole nitrogens is 1. The molecule has 0 aliphatic carbocycles. The van der Waals surface area contributed by atoms with Crippen molar-refractivity contribution in [3.8, 4) is 11.4 Å². The number of carbonyl (C=O) groups is 1. The van der Waals surface area contributed by atoms with Gasteiger partial charge in [0, 0.05) is 42.4 Å². The van der Waals surface area contributed by atoms with E-state index < -0.39 is 0 Å². The van der Waals surface area contributed by atoms with Gasteiger partial charge in [0.05, 0.1) is 17.9 Å². The molecule has 1 N–H and O–H groups in total. The largest absolute Gasteiger partial charge is 0.376 e. The highest BCUT2D eigenvalue weighted by Gasteiger charge is 2.28. The summed E-state index contributed by atoms with van der Waals surface area (Å²) in [6, 6.07) is 8.23. The standard InChI is InChI=1S/C24H31N5O2S/c1-16-9-11-28(12-10-16)23(30)17(2)32-24-27-26-22(29(24)15-18-6-5-13-31-18)20-14-25-21-8-4-3-7-19(20)21/h3-4,7-8,14,16-18,25H,5-6,9-13,15H2,1-2H3. The smallest absolute Gasteiger partial charge is 0.235 e. The summed E-state index contributed by atoms with van der Waals surface area (Å²) in [6.07, 6.45) is 6.45. The van der Waals surface area contributed by atoms with Crippen molar-refractivity contribution in [2.75, 3.05) is 19.7 Å². The van der Waals surface area contributed by atoms with Crippen molar-refractivity contribution in [1.29, 1.82) is 0 Å². The number of carbonyl (C=O) groups excluding carboxylic acids is 1. The predicted molar refractivity (Wildman–Crippen MR) is 127 cm³/mol. The summed E-state index contributed by atoms with van der Waals surface area (Å²) in [5.41, 5.74) is 2.10. The Kier molecular flexibility index (Phi) is 6.24. The van der Waals surface area contributed by atoms with Gasteiger partial charge in [-0.25, -0.2) is 0 Å². The normalized spacial score (nSPS) is 20.8. The number of ether oxygens (including phenoxy) is 1. The van der Waals surface area contributed by atoms with Gasteiger partial charge in [0.2, 0.25) is 5.91 Å². The molecule has 2 aromatic heterocycles. The highest BCUT2D eigenvalue weighted by Crippen LogP contribution is 2.33. The number of aromatic nitrogens is 4. The first-order chi connectivity index (χ1) is 15.6. The molecule has 0 bridgehead atoms. The Morgan fingerprint density at radius 1 is 1.25 bits per heavy atom. The number of likely N-dealkylation sites (tertiary alicyclic amines) is 1. The summed E-state index contributed by atoms with van der Waals surface area (Å²) in [4.78, 5) is 18.4. The number of benzene rings is 1. The van der Waals surface area contributed by atoms with Crippen LogP contribution >= 0.6 is 11.8 Å². The van der Waals surface area contributed by atoms with Gasteiger partial charge in [-0.05, 0) is 44.6 Å². The Labute approximate surface area is 192 Å². The minimum Gasteiger partial charge on any atom is -0.376 e. The van der Waals surface area contributed by atoms with Crippen LogP contribution in [0.5, 0.6) is 0 Å². The highest BCUT2D eigenvalue weighted by atomic mass is 32.2. The molecular weight excluding hydrogens is 422 g/mol. The average molecular weight is 454 g/mol. The van der Waals surface area contributed by atoms with Gasteiger partial charge in [-0.2, -0.15) is 0 Å². The van der Waals surface area contributed by atoms with Gasteiger partial charge in [0.25, 0.3) is 0 Å². The van der Waals surface area contributed by atoms with Crippen LogP contribution in [0.4, 0.5) is 0 Å². The Hall–Kier alpha value is -2.32. The Morgan fingerprint density at radius 3 is 2.84 bits per heavy atom. The first-order valence-electron chi connectivity index (χ1n) is 11.7. The first-order valence-corrected chi connectivity index (χ1v) is 12.5. The molecule has 1 aromatic carbocycles. The summed E-state index contributed by atoms with van der Waals surface area (Å²) in [5, 5.41) is 10.8. The topological polar surface area (TPSA) is 76.0 Å². The average Bonchev–Trinajstić information content (AvgIpc) is 3.55. The lowest BCUT2D eigenvalue weighted by Gasteiger charge is -2.32. The zero-order chi connectivity index (χ0) is 22.1. The molecule has 0 radical (unpaired) electrons. The summed E-state index contributed by atoms with van der Waals surface area (Å²) >= 11 is 1.51. The van der Waals surface area contributed by atoms with Gasteiger partial charge in [0.15, 0.2) is 11.0 Å². The lowest BCUT2D eigenvalue weighted by atomic mass is 9.99. The second kappa shape index (κ2) is 9.27. The molecule has 2 unspecified atom stereocenters. The van der Waals surface area contributed by atoms with E-state index >= 15 is 0 Å². The molecule has 2 fully saturated rings. The second-order valence-corrected chi connectivity index (χ2v) is 10.4. The number of nitrogens with one attached hydrogen (secondary N) is 1. The summed E-state index contributed by atoms with van der Waals surface area (Å²) in [6.45, 7) is 7.47. The number of para-hydroxylation sites is 1. The molecule has 7 nitrogen and oxygen atoms in total. The Bertz CT molecular complexity index is 1080. The third-order valence-corrected chi connectivity index (χ3v) is 7.75. The predicted octanol–water partition coefficient (Wildman–Crippen LogP) is 4.34. The molecule has 2 aliphatic rings. The maximum absolute atomic E-state index is 13.1. The number of hydrogen-bond donors (Lipinski definition) is 1. The lowest BCUT2D eigenvalue weighted by molar-refractivity contribution is -0.131. The fourth-order valence-corrected chi connectivity index (χ4v) is 5.63. The molecule has 2 saturated heterocycles. The number of piperidine rings is 1. The summed E-state index contributed by atoms with van der Waals surface area (Å²) in [7, 11) is 0. The maximum atomic E-state index is 13.1. The number of hydrogen-bond acceptors (Lipinski definition) is 5. The lowest BCUT2D eigenvalue weighted by Crippen LogP contribution is -2.41. The monoisotopic (exact) mass is 453 g/mol. The van der Waals surface area contributed by atoms with E-state index in [4.69, 9.17) is 4.74 Å². The SMILES string of the molecule is CC1CCN(C(=O)C(C)Sc2nnc(-c3c[nH]c4ccccc34)n2CC2CCCO2)CC1. The molecule has 32 heavy (non-hydrogen) atoms. The van der Waals surface area contributed by atoms with Gasteiger partial charge < -0.3 is 14.6 Å². The molecule has 170 valence electrons. The van der Waals surface area contributed by atoms with Gasteiger partial charge in [-0.3, -0.25) is 9.36 Å². The summed E-state index contributed by atoms with van der Waals surface area (Å²) < 4.78 is 8.08. The van der Waals surface area contributed by atoms with Crippen molar-refractivity contribution in [1.82, 2.24) is 24.6 Å². The van der Waals surface area contributed by atoms with Crippen LogP contribution in [0.15, 0.2) is 35.6 Å². The molecule has 1 amide bonds. The fourth-order valence-electron chi connectivity index (χ4n) is 4.68. The van der Waals surface area contributed by atoms with E-state index in [-0.39, 0.29) is 17.3 Å². The van der Waals surface area contributed by atoms with Gasteiger partial charge in [-0.15, -0.1) is 10.2 Å². The Balaban J connectivity index is 1.42. The van der Waals surface area contributed by atoms with E-state index in [0.29, 0.717) is 12.5 Å². The number of nitrogens with zero attached hydrogens (tertiary/aromatic N) is 4. The molecule has 3 aromatic rings. The number of fused-ring (bicyclic) bond motifs is 1. The van der Waals surface area contributed by atoms with Crippen LogP contribution in [0.3, 0.4) is 0 Å². The maximum Gasteiger partial charge on any atom is 0.235 e. The summed E-state index contributed by atoms with van der Waals surface area (Å²) in [5.74, 6) is 1.73. The molecule has 8 heteroatoms. The van der Waals surface area contributed by atoms with E-state index in [0.717, 1.165) is 72.8 Å². The zero-order valence-electron chi connectivity index (χ0n) is 18.8. The number of aromatic amines is 1. The minimum absolute atomic E-state index is 0.156. The second-order valence-electron chi connectivity index (χ2n) is 9.07. The van der Waals surface area contributed by atoms with Crippen LogP contribution in [-0.2, 0) is 16.1 Å². The zero-order valence-corrected chi connectivity index (χ0v) is 19.6. The van der Waals surface area contributed by atoms with Crippen LogP contribution in [-0.4, -0.2) is 61.6 Å². The number of thioether (sulfide) groups is 1. The Morgan fingerprint density at radius 2 is 2.06 bits per heavy atom. The van der Waals surface area contributed by atoms with Crippen molar-refractivity contribution in [3.63, 3.8) is 0 Å². The van der Waals surface area contributed by atoms with Crippen LogP contribution in [0.1, 0.15) is 39.5 Å².